The summed E-state index contributed by atoms with van der Waals surface area (Å²) < 4.78 is 0. The third-order valence-electron chi connectivity index (χ3n) is 7.00. The largest absolute Gasteiger partial charge is 0.388 e. The number of nitrogens with zero attached hydrogens (tertiary/aromatic N) is 2. The van der Waals surface area contributed by atoms with E-state index in [-0.39, 0.29) is 5.88 Å². The molecular weight excluding hydrogens is 480 g/mol. The first-order chi connectivity index (χ1) is 15.8. The maximum atomic E-state index is 12.8. The highest BCUT2D eigenvalue weighted by atomic mass is 32.2. The summed E-state index contributed by atoms with van der Waals surface area (Å²) in [6.07, 6.45) is -1.15. The van der Waals surface area contributed by atoms with Crippen molar-refractivity contribution in [3.63, 3.8) is 0 Å². The lowest BCUT2D eigenvalue weighted by atomic mass is 9.82. The van der Waals surface area contributed by atoms with Crippen LogP contribution in [0.2, 0.25) is 0 Å². The number of thioether (sulfide) groups is 2. The summed E-state index contributed by atoms with van der Waals surface area (Å²) in [6, 6.07) is -1.62. The fourth-order valence-corrected chi connectivity index (χ4v) is 5.84. The van der Waals surface area contributed by atoms with Crippen molar-refractivity contribution in [2.24, 2.45) is 10.8 Å². The molecular formula is C22H38N4O6S2. The van der Waals surface area contributed by atoms with Crippen LogP contribution in [0.4, 0.5) is 0 Å². The number of carbonyl (C=O) groups excluding carboxylic acids is 4. The fraction of sp³-hybridized carbons (Fsp3) is 0.818. The van der Waals surface area contributed by atoms with Gasteiger partial charge >= 0.3 is 0 Å². The molecule has 34 heavy (non-hydrogen) atoms. The second-order valence-corrected chi connectivity index (χ2v) is 12.1. The quantitative estimate of drug-likeness (QED) is 0.254. The van der Waals surface area contributed by atoms with E-state index in [1.54, 1.807) is 13.8 Å². The molecule has 2 heterocycles. The molecule has 2 saturated heterocycles. The first-order valence-corrected chi connectivity index (χ1v) is 13.8. The highest BCUT2D eigenvalue weighted by Gasteiger charge is 2.44. The predicted molar refractivity (Wildman–Crippen MR) is 132 cm³/mol. The number of aliphatic hydroxyl groups is 2. The van der Waals surface area contributed by atoms with E-state index in [1.165, 1.54) is 33.3 Å². The van der Waals surface area contributed by atoms with Gasteiger partial charge in [0.15, 0.2) is 0 Å². The van der Waals surface area contributed by atoms with Crippen molar-refractivity contribution >= 4 is 47.0 Å². The van der Waals surface area contributed by atoms with Gasteiger partial charge in [-0.1, -0.05) is 41.5 Å². The second-order valence-electron chi connectivity index (χ2n) is 10.1. The molecule has 0 aliphatic carbocycles. The molecule has 0 bridgehead atoms. The van der Waals surface area contributed by atoms with Gasteiger partial charge in [-0.25, -0.2) is 0 Å². The summed E-state index contributed by atoms with van der Waals surface area (Å²) >= 11 is 2.80. The molecule has 0 spiro atoms. The number of hydrogen-bond acceptors (Lipinski definition) is 9. The average Bonchev–Trinajstić information content (AvgIpc) is 3.50. The van der Waals surface area contributed by atoms with Crippen LogP contribution in [0.25, 0.3) is 0 Å². The molecule has 2 aliphatic heterocycles. The lowest BCUT2D eigenvalue weighted by Crippen LogP contribution is -2.59. The molecule has 0 saturated carbocycles. The molecule has 0 aromatic carbocycles. The minimum Gasteiger partial charge on any atom is -0.388 e. The van der Waals surface area contributed by atoms with Gasteiger partial charge in [-0.15, -0.1) is 23.5 Å². The number of amides is 3. The maximum absolute atomic E-state index is 12.8. The Kier molecular flexibility index (Phi) is 9.85. The molecule has 2 fully saturated rings. The number of rotatable bonds is 9. The van der Waals surface area contributed by atoms with Gasteiger partial charge in [-0.05, 0) is 18.3 Å². The zero-order valence-electron chi connectivity index (χ0n) is 20.8. The number of aliphatic hydroxyl groups excluding tert-OH is 2. The SMILES string of the molecule is CCC(C)(C)C(=O)C(=O)N1CSC[C@H]1C(=O)NNC(=O)[C@@H]1CSCN1C(O)C(O)C(C)(C)CC. The van der Waals surface area contributed by atoms with Crippen molar-refractivity contribution in [3.05, 3.63) is 0 Å². The standard InChI is InChI=1S/C22H38N4O6S2/c1-7-21(3,4)15(27)19(31)25-11-33-9-13(25)17(29)23-24-18(30)14-10-34-12-26(14)20(32)16(28)22(5,6)8-2/h13-15,19,27,31H,7-12H2,1-6H3,(H,23,29)(H,24,30)/t13-,14-,15?,19?/m0/s1. The summed E-state index contributed by atoms with van der Waals surface area (Å²) in [7, 11) is 0. The molecule has 2 rings (SSSR count). The van der Waals surface area contributed by atoms with Crippen LogP contribution >= 0.6 is 23.5 Å². The van der Waals surface area contributed by atoms with Crippen LogP contribution in [0.5, 0.6) is 0 Å². The monoisotopic (exact) mass is 518 g/mol. The number of hydrogen-bond donors (Lipinski definition) is 4. The van der Waals surface area contributed by atoms with Gasteiger partial charge < -0.3 is 15.1 Å². The summed E-state index contributed by atoms with van der Waals surface area (Å²) in [5, 5.41) is 21.3. The molecule has 0 aromatic rings. The van der Waals surface area contributed by atoms with E-state index in [2.05, 4.69) is 10.9 Å². The highest BCUT2D eigenvalue weighted by Crippen LogP contribution is 2.32. The summed E-state index contributed by atoms with van der Waals surface area (Å²) in [5.74, 6) is -1.05. The van der Waals surface area contributed by atoms with Gasteiger partial charge in [0.05, 0.1) is 12.0 Å². The topological polar surface area (TPSA) is 139 Å². The van der Waals surface area contributed by atoms with Gasteiger partial charge in [-0.2, -0.15) is 0 Å². The number of nitrogens with one attached hydrogen (secondary N) is 2. The molecule has 194 valence electrons. The van der Waals surface area contributed by atoms with E-state index in [1.807, 2.05) is 27.7 Å². The Morgan fingerprint density at radius 3 is 2.00 bits per heavy atom. The van der Waals surface area contributed by atoms with Crippen molar-refractivity contribution in [1.82, 2.24) is 20.7 Å². The normalized spacial score (nSPS) is 23.5. The van der Waals surface area contributed by atoms with Crippen LogP contribution in [0, 0.1) is 10.8 Å². The van der Waals surface area contributed by atoms with E-state index in [4.69, 9.17) is 0 Å². The zero-order valence-corrected chi connectivity index (χ0v) is 22.4. The third kappa shape index (κ3) is 6.26. The first kappa shape index (κ1) is 28.9. The van der Waals surface area contributed by atoms with Crippen LogP contribution in [-0.4, -0.2) is 91.2 Å². The Morgan fingerprint density at radius 2 is 1.44 bits per heavy atom. The Morgan fingerprint density at radius 1 is 0.912 bits per heavy atom. The zero-order chi connectivity index (χ0) is 25.8. The summed E-state index contributed by atoms with van der Waals surface area (Å²) in [4.78, 5) is 53.6. The highest BCUT2D eigenvalue weighted by molar-refractivity contribution is 7.99. The van der Waals surface area contributed by atoms with Crippen molar-refractivity contribution in [2.75, 3.05) is 23.3 Å². The molecule has 12 heteroatoms. The Balaban J connectivity index is 1.99. The molecule has 4 atom stereocenters. The van der Waals surface area contributed by atoms with Crippen molar-refractivity contribution < 1.29 is 29.4 Å². The lowest BCUT2D eigenvalue weighted by molar-refractivity contribution is -0.152. The lowest BCUT2D eigenvalue weighted by Gasteiger charge is -2.38. The second kappa shape index (κ2) is 11.6. The molecule has 10 nitrogen and oxygen atoms in total. The minimum atomic E-state index is -1.23. The maximum Gasteiger partial charge on any atom is 0.291 e. The van der Waals surface area contributed by atoms with Crippen LogP contribution in [0.1, 0.15) is 54.4 Å². The van der Waals surface area contributed by atoms with Gasteiger partial charge in [0, 0.05) is 22.8 Å². The molecule has 0 radical (unpaired) electrons. The first-order valence-electron chi connectivity index (χ1n) is 11.5. The van der Waals surface area contributed by atoms with Gasteiger partial charge in [0.25, 0.3) is 17.7 Å². The Hall–Kier alpha value is -1.34. The molecule has 4 N–H and O–H groups in total. The molecule has 2 aliphatic rings. The van der Waals surface area contributed by atoms with E-state index in [9.17, 15) is 29.4 Å². The number of ketones is 1. The van der Waals surface area contributed by atoms with E-state index >= 15 is 0 Å². The Bertz CT molecular complexity index is 793. The van der Waals surface area contributed by atoms with Gasteiger partial charge in [-0.3, -0.25) is 34.9 Å². The van der Waals surface area contributed by atoms with Crippen molar-refractivity contribution in [2.45, 2.75) is 78.8 Å². The smallest absolute Gasteiger partial charge is 0.291 e. The predicted octanol–water partition coefficient (Wildman–Crippen LogP) is 0.531. The Labute approximate surface area is 209 Å². The summed E-state index contributed by atoms with van der Waals surface area (Å²) in [6.45, 7) is 10.8. The van der Waals surface area contributed by atoms with E-state index in [0.717, 1.165) is 0 Å². The number of carbonyl (C=O) groups is 4. The van der Waals surface area contributed by atoms with E-state index in [0.29, 0.717) is 30.2 Å². The summed E-state index contributed by atoms with van der Waals surface area (Å²) in [5.41, 5.74) is 3.40. The minimum absolute atomic E-state index is 0.223. The van der Waals surface area contributed by atoms with Crippen LogP contribution in [0.3, 0.4) is 0 Å². The molecule has 0 aromatic heterocycles. The van der Waals surface area contributed by atoms with Gasteiger partial charge in [0.2, 0.25) is 5.78 Å². The van der Waals surface area contributed by atoms with Crippen LogP contribution in [0.15, 0.2) is 0 Å². The van der Waals surface area contributed by atoms with Crippen molar-refractivity contribution in [1.29, 1.82) is 0 Å². The molecule has 3 amide bonds. The fourth-order valence-electron chi connectivity index (χ4n) is 3.47. The van der Waals surface area contributed by atoms with E-state index < -0.39 is 58.8 Å². The molecule has 2 unspecified atom stereocenters. The average molecular weight is 519 g/mol. The van der Waals surface area contributed by atoms with Crippen molar-refractivity contribution in [3.8, 4) is 0 Å². The van der Waals surface area contributed by atoms with Crippen LogP contribution in [-0.2, 0) is 19.2 Å². The third-order valence-corrected chi connectivity index (χ3v) is 9.05. The number of Topliss-reactive ketones (excluding diaryl/α,β-unsaturated/α-hetero) is 1. The number of hydrazine groups is 1. The van der Waals surface area contributed by atoms with Gasteiger partial charge in [0.1, 0.15) is 18.3 Å². The van der Waals surface area contributed by atoms with Crippen LogP contribution < -0.4 is 10.9 Å².